The first-order valence-electron chi connectivity index (χ1n) is 5.37. The van der Waals surface area contributed by atoms with Gasteiger partial charge in [-0.05, 0) is 25.0 Å². The Kier molecular flexibility index (Phi) is 4.17. The van der Waals surface area contributed by atoms with Gasteiger partial charge in [0.2, 0.25) is 0 Å². The highest BCUT2D eigenvalue weighted by Crippen LogP contribution is 2.28. The lowest BCUT2D eigenvalue weighted by molar-refractivity contribution is 0.0694. The molecule has 3 N–H and O–H groups in total. The number of rotatable bonds is 5. The predicted octanol–water partition coefficient (Wildman–Crippen LogP) is 2.61. The molecular formula is C12H17NO3. The van der Waals surface area contributed by atoms with Crippen molar-refractivity contribution in [2.75, 3.05) is 11.9 Å². The molecule has 0 aromatic heterocycles. The molecule has 0 bridgehead atoms. The summed E-state index contributed by atoms with van der Waals surface area (Å²) in [7, 11) is 0. The number of nitrogens with one attached hydrogen (secondary N) is 1. The molecule has 0 amide bonds. The van der Waals surface area contributed by atoms with Crippen LogP contribution in [-0.4, -0.2) is 22.7 Å². The first-order valence-corrected chi connectivity index (χ1v) is 5.37. The summed E-state index contributed by atoms with van der Waals surface area (Å²) in [6.45, 7) is 4.59. The van der Waals surface area contributed by atoms with Crippen molar-refractivity contribution in [2.45, 2.75) is 26.7 Å². The molecule has 0 spiro atoms. The molecule has 16 heavy (non-hydrogen) atoms. The number of aryl methyl sites for hydroxylation is 1. The number of unbranched alkanes of at least 4 members (excludes halogenated alkanes) is 1. The molecule has 0 heterocycles. The number of aromatic carboxylic acids is 1. The highest BCUT2D eigenvalue weighted by atomic mass is 16.4. The molecule has 0 saturated carbocycles. The van der Waals surface area contributed by atoms with Gasteiger partial charge in [-0.2, -0.15) is 0 Å². The van der Waals surface area contributed by atoms with Crippen LogP contribution in [-0.2, 0) is 0 Å². The summed E-state index contributed by atoms with van der Waals surface area (Å²) in [5.74, 6) is -1.31. The second kappa shape index (κ2) is 5.39. The summed E-state index contributed by atoms with van der Waals surface area (Å²) in [4.78, 5) is 11.0. The molecule has 0 radical (unpaired) electrons. The number of carboxylic acid groups (broad SMARTS) is 1. The minimum absolute atomic E-state index is 0.0453. The molecule has 0 aliphatic heterocycles. The second-order valence-electron chi connectivity index (χ2n) is 3.74. The van der Waals surface area contributed by atoms with Crippen molar-refractivity contribution >= 4 is 11.7 Å². The molecule has 1 aromatic rings. The maximum absolute atomic E-state index is 11.0. The summed E-state index contributed by atoms with van der Waals surface area (Å²) in [6.07, 6.45) is 2.00. The Bertz CT molecular complexity index is 388. The van der Waals surface area contributed by atoms with Gasteiger partial charge in [0.1, 0.15) is 11.3 Å². The number of benzene rings is 1. The van der Waals surface area contributed by atoms with Gasteiger partial charge in [-0.15, -0.1) is 0 Å². The van der Waals surface area contributed by atoms with E-state index in [0.29, 0.717) is 12.2 Å². The zero-order chi connectivity index (χ0) is 12.1. The number of carbonyl (C=O) groups is 1. The largest absolute Gasteiger partial charge is 0.507 e. The van der Waals surface area contributed by atoms with Crippen molar-refractivity contribution in [1.29, 1.82) is 0 Å². The van der Waals surface area contributed by atoms with E-state index in [-0.39, 0.29) is 11.3 Å². The van der Waals surface area contributed by atoms with E-state index in [1.54, 1.807) is 6.07 Å². The van der Waals surface area contributed by atoms with Crippen molar-refractivity contribution in [1.82, 2.24) is 0 Å². The van der Waals surface area contributed by atoms with Crippen LogP contribution < -0.4 is 5.32 Å². The van der Waals surface area contributed by atoms with E-state index in [1.165, 1.54) is 6.07 Å². The van der Waals surface area contributed by atoms with E-state index in [4.69, 9.17) is 5.11 Å². The van der Waals surface area contributed by atoms with Crippen LogP contribution in [0.1, 0.15) is 35.7 Å². The van der Waals surface area contributed by atoms with Crippen LogP contribution in [0.4, 0.5) is 5.69 Å². The first-order chi connectivity index (χ1) is 7.57. The standard InChI is InChI=1S/C12H17NO3/c1-3-4-7-13-11-8(2)5-6-9(14)10(11)12(15)16/h5-6,13-14H,3-4,7H2,1-2H3,(H,15,16). The summed E-state index contributed by atoms with van der Waals surface area (Å²) >= 11 is 0. The van der Waals surface area contributed by atoms with E-state index in [9.17, 15) is 9.90 Å². The van der Waals surface area contributed by atoms with E-state index in [0.717, 1.165) is 18.4 Å². The zero-order valence-electron chi connectivity index (χ0n) is 9.58. The first kappa shape index (κ1) is 12.4. The Morgan fingerprint density at radius 1 is 1.44 bits per heavy atom. The topological polar surface area (TPSA) is 69.6 Å². The number of hydrogen-bond donors (Lipinski definition) is 3. The summed E-state index contributed by atoms with van der Waals surface area (Å²) < 4.78 is 0. The Morgan fingerprint density at radius 2 is 2.12 bits per heavy atom. The van der Waals surface area contributed by atoms with Crippen LogP contribution in [0.15, 0.2) is 12.1 Å². The molecular weight excluding hydrogens is 206 g/mol. The quantitative estimate of drug-likeness (QED) is 0.671. The van der Waals surface area contributed by atoms with Gasteiger partial charge in [-0.1, -0.05) is 19.4 Å². The van der Waals surface area contributed by atoms with Gasteiger partial charge < -0.3 is 15.5 Å². The van der Waals surface area contributed by atoms with E-state index < -0.39 is 5.97 Å². The fourth-order valence-electron chi connectivity index (χ4n) is 1.53. The third-order valence-electron chi connectivity index (χ3n) is 2.44. The van der Waals surface area contributed by atoms with Crippen molar-refractivity contribution in [3.63, 3.8) is 0 Å². The molecule has 0 fully saturated rings. The molecule has 0 unspecified atom stereocenters. The highest BCUT2D eigenvalue weighted by Gasteiger charge is 2.16. The van der Waals surface area contributed by atoms with Crippen LogP contribution in [0.2, 0.25) is 0 Å². The third kappa shape index (κ3) is 2.66. The van der Waals surface area contributed by atoms with Crippen molar-refractivity contribution < 1.29 is 15.0 Å². The van der Waals surface area contributed by atoms with Crippen LogP contribution in [0, 0.1) is 6.92 Å². The molecule has 4 nitrogen and oxygen atoms in total. The lowest BCUT2D eigenvalue weighted by atomic mass is 10.1. The van der Waals surface area contributed by atoms with Gasteiger partial charge in [0.25, 0.3) is 0 Å². The van der Waals surface area contributed by atoms with Crippen molar-refractivity contribution in [3.8, 4) is 5.75 Å². The van der Waals surface area contributed by atoms with Crippen molar-refractivity contribution in [3.05, 3.63) is 23.3 Å². The number of phenols is 1. The van der Waals surface area contributed by atoms with Gasteiger partial charge in [0.15, 0.2) is 0 Å². The molecule has 0 saturated heterocycles. The molecule has 0 aliphatic carbocycles. The SMILES string of the molecule is CCCCNc1c(C)ccc(O)c1C(=O)O. The average Bonchev–Trinajstić information content (AvgIpc) is 2.23. The molecule has 1 rings (SSSR count). The van der Waals surface area contributed by atoms with Gasteiger partial charge in [0, 0.05) is 6.54 Å². The Morgan fingerprint density at radius 3 is 2.69 bits per heavy atom. The van der Waals surface area contributed by atoms with Gasteiger partial charge >= 0.3 is 5.97 Å². The second-order valence-corrected chi connectivity index (χ2v) is 3.74. The molecule has 88 valence electrons. The third-order valence-corrected chi connectivity index (χ3v) is 2.44. The summed E-state index contributed by atoms with van der Waals surface area (Å²) in [6, 6.07) is 3.11. The number of aromatic hydroxyl groups is 1. The zero-order valence-corrected chi connectivity index (χ0v) is 9.58. The predicted molar refractivity (Wildman–Crippen MR) is 63.2 cm³/mol. The molecule has 0 atom stereocenters. The van der Waals surface area contributed by atoms with E-state index >= 15 is 0 Å². The maximum Gasteiger partial charge on any atom is 0.341 e. The lowest BCUT2D eigenvalue weighted by Crippen LogP contribution is -2.09. The Hall–Kier alpha value is -1.71. The minimum Gasteiger partial charge on any atom is -0.507 e. The Balaban J connectivity index is 3.03. The lowest BCUT2D eigenvalue weighted by Gasteiger charge is -2.13. The van der Waals surface area contributed by atoms with Crippen LogP contribution in [0.5, 0.6) is 5.75 Å². The monoisotopic (exact) mass is 223 g/mol. The Labute approximate surface area is 94.9 Å². The van der Waals surface area contributed by atoms with Crippen LogP contribution >= 0.6 is 0 Å². The smallest absolute Gasteiger partial charge is 0.341 e. The fraction of sp³-hybridized carbons (Fsp3) is 0.417. The van der Waals surface area contributed by atoms with Gasteiger partial charge in [-0.3, -0.25) is 0 Å². The van der Waals surface area contributed by atoms with Crippen LogP contribution in [0.25, 0.3) is 0 Å². The maximum atomic E-state index is 11.0. The minimum atomic E-state index is -1.11. The van der Waals surface area contributed by atoms with Crippen LogP contribution in [0.3, 0.4) is 0 Å². The molecule has 0 aliphatic rings. The summed E-state index contributed by atoms with van der Waals surface area (Å²) in [5.41, 5.74) is 1.29. The van der Waals surface area contributed by atoms with Crippen molar-refractivity contribution in [2.24, 2.45) is 0 Å². The number of hydrogen-bond acceptors (Lipinski definition) is 3. The molecule has 1 aromatic carbocycles. The molecule has 4 heteroatoms. The van der Waals surface area contributed by atoms with E-state index in [2.05, 4.69) is 12.2 Å². The number of anilines is 1. The summed E-state index contributed by atoms with van der Waals surface area (Å²) in [5, 5.41) is 21.6. The number of carboxylic acids is 1. The normalized spacial score (nSPS) is 10.1. The average molecular weight is 223 g/mol. The van der Waals surface area contributed by atoms with Gasteiger partial charge in [0.05, 0.1) is 5.69 Å². The van der Waals surface area contributed by atoms with Gasteiger partial charge in [-0.25, -0.2) is 4.79 Å². The highest BCUT2D eigenvalue weighted by molar-refractivity contribution is 5.98. The van der Waals surface area contributed by atoms with E-state index in [1.807, 2.05) is 6.92 Å². The fourth-order valence-corrected chi connectivity index (χ4v) is 1.53.